The normalized spacial score (nSPS) is 23.9. The van der Waals surface area contributed by atoms with Gasteiger partial charge < -0.3 is 15.7 Å². The Morgan fingerprint density at radius 3 is 3.00 bits per heavy atom. The minimum absolute atomic E-state index is 0.107. The Labute approximate surface area is 82.1 Å². The Morgan fingerprint density at radius 2 is 2.50 bits per heavy atom. The smallest absolute Gasteiger partial charge is 0.239 e. The van der Waals surface area contributed by atoms with Gasteiger partial charge in [-0.15, -0.1) is 0 Å². The van der Waals surface area contributed by atoms with Gasteiger partial charge in [-0.2, -0.15) is 0 Å². The van der Waals surface area contributed by atoms with Crippen LogP contribution in [0.15, 0.2) is 0 Å². The minimum atomic E-state index is -0.558. The number of piperazine rings is 1. The lowest BCUT2D eigenvalue weighted by atomic mass is 10.2. The molecule has 0 aromatic heterocycles. The zero-order valence-electron chi connectivity index (χ0n) is 8.04. The van der Waals surface area contributed by atoms with Crippen LogP contribution in [0.3, 0.4) is 0 Å². The van der Waals surface area contributed by atoms with Crippen molar-refractivity contribution in [2.24, 2.45) is 0 Å². The van der Waals surface area contributed by atoms with Gasteiger partial charge in [-0.3, -0.25) is 14.9 Å². The van der Waals surface area contributed by atoms with Crippen molar-refractivity contribution in [2.45, 2.75) is 19.1 Å². The fraction of sp³-hybridized carbons (Fsp3) is 0.750. The van der Waals surface area contributed by atoms with Crippen LogP contribution in [0.1, 0.15) is 6.92 Å². The highest BCUT2D eigenvalue weighted by Crippen LogP contribution is 1.88. The summed E-state index contributed by atoms with van der Waals surface area (Å²) in [6.07, 6.45) is -0.558. The van der Waals surface area contributed by atoms with Crippen molar-refractivity contribution < 1.29 is 14.7 Å². The predicted octanol–water partition coefficient (Wildman–Crippen LogP) is -2.43. The first-order valence-corrected chi connectivity index (χ1v) is 4.55. The summed E-state index contributed by atoms with van der Waals surface area (Å²) in [6, 6.07) is -0.397. The maximum absolute atomic E-state index is 11.4. The first-order valence-electron chi connectivity index (χ1n) is 4.55. The van der Waals surface area contributed by atoms with Gasteiger partial charge in [0.1, 0.15) is 6.04 Å². The zero-order valence-corrected chi connectivity index (χ0v) is 8.04. The molecule has 6 nitrogen and oxygen atoms in total. The van der Waals surface area contributed by atoms with E-state index in [2.05, 4.69) is 16.0 Å². The molecule has 14 heavy (non-hydrogen) atoms. The van der Waals surface area contributed by atoms with Gasteiger partial charge in [0.15, 0.2) is 0 Å². The molecule has 80 valence electrons. The number of amides is 2. The second-order valence-corrected chi connectivity index (χ2v) is 3.33. The molecule has 0 bridgehead atoms. The summed E-state index contributed by atoms with van der Waals surface area (Å²) in [5.74, 6) is -0.310. The van der Waals surface area contributed by atoms with E-state index in [4.69, 9.17) is 5.11 Å². The molecule has 0 radical (unpaired) electrons. The van der Waals surface area contributed by atoms with Gasteiger partial charge in [0, 0.05) is 13.1 Å². The van der Waals surface area contributed by atoms with Crippen LogP contribution < -0.4 is 16.0 Å². The maximum Gasteiger partial charge on any atom is 0.239 e. The largest absolute Gasteiger partial charge is 0.392 e. The SMILES string of the molecule is CC(O)CNC(=O)C1CNC(=O)CN1. The van der Waals surface area contributed by atoms with Crippen molar-refractivity contribution in [2.75, 3.05) is 19.6 Å². The molecule has 0 aromatic carbocycles. The summed E-state index contributed by atoms with van der Waals surface area (Å²) in [5, 5.41) is 16.9. The standard InChI is InChI=1S/C8H15N3O3/c1-5(12)2-11-8(14)6-3-10-7(13)4-9-6/h5-6,9,12H,2-4H2,1H3,(H,10,13)(H,11,14). The molecule has 0 aliphatic carbocycles. The summed E-state index contributed by atoms with van der Waals surface area (Å²) in [7, 11) is 0. The van der Waals surface area contributed by atoms with E-state index in [1.807, 2.05) is 0 Å². The molecule has 1 aliphatic heterocycles. The first kappa shape index (κ1) is 10.9. The van der Waals surface area contributed by atoms with Gasteiger partial charge in [-0.05, 0) is 6.92 Å². The first-order chi connectivity index (χ1) is 6.59. The average Bonchev–Trinajstić information content (AvgIpc) is 2.15. The van der Waals surface area contributed by atoms with Crippen LogP contribution >= 0.6 is 0 Å². The molecular weight excluding hydrogens is 186 g/mol. The molecule has 0 aromatic rings. The summed E-state index contributed by atoms with van der Waals surface area (Å²) >= 11 is 0. The topological polar surface area (TPSA) is 90.5 Å². The number of rotatable bonds is 3. The molecule has 4 N–H and O–H groups in total. The molecule has 1 aliphatic rings. The Morgan fingerprint density at radius 1 is 1.79 bits per heavy atom. The summed E-state index contributed by atoms with van der Waals surface area (Å²) in [6.45, 7) is 2.28. The van der Waals surface area contributed by atoms with E-state index < -0.39 is 12.1 Å². The number of hydrogen-bond acceptors (Lipinski definition) is 4. The second-order valence-electron chi connectivity index (χ2n) is 3.33. The molecule has 2 unspecified atom stereocenters. The monoisotopic (exact) mass is 201 g/mol. The van der Waals surface area contributed by atoms with E-state index in [0.717, 1.165) is 0 Å². The van der Waals surface area contributed by atoms with E-state index in [1.54, 1.807) is 6.92 Å². The van der Waals surface area contributed by atoms with Crippen molar-refractivity contribution in [1.29, 1.82) is 0 Å². The van der Waals surface area contributed by atoms with E-state index in [9.17, 15) is 9.59 Å². The molecule has 2 atom stereocenters. The summed E-state index contributed by atoms with van der Waals surface area (Å²) in [5.41, 5.74) is 0. The molecule has 1 saturated heterocycles. The quantitative estimate of drug-likeness (QED) is 0.409. The Hall–Kier alpha value is -1.14. The van der Waals surface area contributed by atoms with Crippen LogP contribution in [-0.4, -0.2) is 48.7 Å². The van der Waals surface area contributed by atoms with E-state index in [-0.39, 0.29) is 24.9 Å². The maximum atomic E-state index is 11.4. The number of hydrogen-bond donors (Lipinski definition) is 4. The Kier molecular flexibility index (Phi) is 3.84. The van der Waals surface area contributed by atoms with Crippen molar-refractivity contribution in [1.82, 2.24) is 16.0 Å². The zero-order chi connectivity index (χ0) is 10.6. The molecule has 0 spiro atoms. The van der Waals surface area contributed by atoms with Crippen LogP contribution in [-0.2, 0) is 9.59 Å². The predicted molar refractivity (Wildman–Crippen MR) is 49.5 cm³/mol. The average molecular weight is 201 g/mol. The number of carbonyl (C=O) groups is 2. The fourth-order valence-corrected chi connectivity index (χ4v) is 1.12. The lowest BCUT2D eigenvalue weighted by molar-refractivity contribution is -0.126. The van der Waals surface area contributed by atoms with Gasteiger partial charge in [0.05, 0.1) is 12.6 Å². The van der Waals surface area contributed by atoms with Crippen LogP contribution in [0.4, 0.5) is 0 Å². The van der Waals surface area contributed by atoms with Gasteiger partial charge in [-0.1, -0.05) is 0 Å². The molecule has 6 heteroatoms. The van der Waals surface area contributed by atoms with Crippen LogP contribution in [0.25, 0.3) is 0 Å². The molecule has 2 amide bonds. The van der Waals surface area contributed by atoms with Crippen molar-refractivity contribution in [3.05, 3.63) is 0 Å². The van der Waals surface area contributed by atoms with Crippen molar-refractivity contribution in [3.63, 3.8) is 0 Å². The highest BCUT2D eigenvalue weighted by Gasteiger charge is 2.23. The van der Waals surface area contributed by atoms with Crippen molar-refractivity contribution >= 4 is 11.8 Å². The van der Waals surface area contributed by atoms with E-state index in [0.29, 0.717) is 6.54 Å². The summed E-state index contributed by atoms with van der Waals surface area (Å²) in [4.78, 5) is 22.1. The number of nitrogens with one attached hydrogen (secondary N) is 3. The van der Waals surface area contributed by atoms with E-state index in [1.165, 1.54) is 0 Å². The minimum Gasteiger partial charge on any atom is -0.392 e. The number of aliphatic hydroxyl groups excluding tert-OH is 1. The van der Waals surface area contributed by atoms with Crippen LogP contribution in [0, 0.1) is 0 Å². The van der Waals surface area contributed by atoms with Gasteiger partial charge in [0.2, 0.25) is 11.8 Å². The summed E-state index contributed by atoms with van der Waals surface area (Å²) < 4.78 is 0. The fourth-order valence-electron chi connectivity index (χ4n) is 1.12. The molecular formula is C8H15N3O3. The van der Waals surface area contributed by atoms with Crippen LogP contribution in [0.5, 0.6) is 0 Å². The number of carbonyl (C=O) groups excluding carboxylic acids is 2. The van der Waals surface area contributed by atoms with Gasteiger partial charge in [0.25, 0.3) is 0 Å². The second kappa shape index (κ2) is 4.92. The van der Waals surface area contributed by atoms with E-state index >= 15 is 0 Å². The number of aliphatic hydroxyl groups is 1. The third-order valence-corrected chi connectivity index (χ3v) is 1.90. The third kappa shape index (κ3) is 3.31. The molecule has 1 fully saturated rings. The van der Waals surface area contributed by atoms with Crippen molar-refractivity contribution in [3.8, 4) is 0 Å². The lowest BCUT2D eigenvalue weighted by Gasteiger charge is -2.23. The molecule has 0 saturated carbocycles. The Balaban J connectivity index is 2.27. The highest BCUT2D eigenvalue weighted by molar-refractivity contribution is 5.86. The lowest BCUT2D eigenvalue weighted by Crippen LogP contribution is -2.58. The van der Waals surface area contributed by atoms with Gasteiger partial charge in [-0.25, -0.2) is 0 Å². The molecule has 1 heterocycles. The molecule has 1 rings (SSSR count). The van der Waals surface area contributed by atoms with Crippen LogP contribution in [0.2, 0.25) is 0 Å². The van der Waals surface area contributed by atoms with Gasteiger partial charge >= 0.3 is 0 Å². The Bertz CT molecular complexity index is 220. The third-order valence-electron chi connectivity index (χ3n) is 1.90. The highest BCUT2D eigenvalue weighted by atomic mass is 16.3.